The van der Waals surface area contributed by atoms with E-state index >= 15 is 0 Å². The molecule has 1 saturated heterocycles. The molecule has 1 aliphatic heterocycles. The maximum Gasteiger partial charge on any atom is 0.191 e. The predicted octanol–water partition coefficient (Wildman–Crippen LogP) is 3.45. The molecule has 2 aromatic rings. The van der Waals surface area contributed by atoms with Crippen LogP contribution in [0, 0.1) is 5.82 Å². The maximum atomic E-state index is 13.0. The number of halogens is 2. The Hall–Kier alpha value is -1.71. The van der Waals surface area contributed by atoms with Crippen molar-refractivity contribution >= 4 is 29.9 Å². The second kappa shape index (κ2) is 12.9. The Bertz CT molecular complexity index is 788. The minimum absolute atomic E-state index is 0. The lowest BCUT2D eigenvalue weighted by Gasteiger charge is -2.34. The molecule has 0 spiro atoms. The number of likely N-dealkylation sites (N-methyl/N-ethyl adjacent to an activating group) is 1. The van der Waals surface area contributed by atoms with Gasteiger partial charge in [0.1, 0.15) is 5.82 Å². The van der Waals surface area contributed by atoms with Gasteiger partial charge in [-0.15, -0.1) is 24.0 Å². The van der Waals surface area contributed by atoms with Gasteiger partial charge in [-0.1, -0.05) is 43.3 Å². The molecule has 0 aliphatic carbocycles. The van der Waals surface area contributed by atoms with Crippen molar-refractivity contribution in [2.45, 2.75) is 26.6 Å². The van der Waals surface area contributed by atoms with Crippen LogP contribution >= 0.6 is 24.0 Å². The van der Waals surface area contributed by atoms with Crippen LogP contribution in [0.15, 0.2) is 53.5 Å². The first kappa shape index (κ1) is 24.6. The number of nitrogens with one attached hydrogen (secondary N) is 2. The fourth-order valence-corrected chi connectivity index (χ4v) is 3.58. The highest BCUT2D eigenvalue weighted by atomic mass is 127. The van der Waals surface area contributed by atoms with Crippen molar-refractivity contribution in [1.29, 1.82) is 0 Å². The van der Waals surface area contributed by atoms with E-state index in [-0.39, 0.29) is 29.8 Å². The first-order chi connectivity index (χ1) is 14.2. The van der Waals surface area contributed by atoms with Crippen molar-refractivity contribution in [1.82, 2.24) is 20.4 Å². The van der Waals surface area contributed by atoms with Crippen LogP contribution < -0.4 is 10.6 Å². The molecule has 2 N–H and O–H groups in total. The normalized spacial score (nSPS) is 15.5. The highest BCUT2D eigenvalue weighted by Gasteiger charge is 2.16. The first-order valence-electron chi connectivity index (χ1n) is 10.4. The summed E-state index contributed by atoms with van der Waals surface area (Å²) in [6, 6.07) is 15.1. The lowest BCUT2D eigenvalue weighted by molar-refractivity contribution is 0.131. The highest BCUT2D eigenvalue weighted by molar-refractivity contribution is 14.0. The molecule has 7 heteroatoms. The zero-order valence-corrected chi connectivity index (χ0v) is 20.2. The van der Waals surface area contributed by atoms with Gasteiger partial charge < -0.3 is 15.5 Å². The summed E-state index contributed by atoms with van der Waals surface area (Å²) in [5.74, 6) is 0.518. The van der Waals surface area contributed by atoms with Gasteiger partial charge in [0.05, 0.1) is 0 Å². The van der Waals surface area contributed by atoms with Gasteiger partial charge in [-0.3, -0.25) is 9.89 Å². The molecule has 0 saturated carbocycles. The number of benzene rings is 2. The summed E-state index contributed by atoms with van der Waals surface area (Å²) in [7, 11) is 1.76. The minimum atomic E-state index is -0.219. The topological polar surface area (TPSA) is 42.9 Å². The van der Waals surface area contributed by atoms with E-state index in [0.29, 0.717) is 13.1 Å². The van der Waals surface area contributed by atoms with Gasteiger partial charge in [-0.05, 0) is 35.4 Å². The third kappa shape index (κ3) is 7.52. The summed E-state index contributed by atoms with van der Waals surface area (Å²) in [5, 5.41) is 6.69. The first-order valence-corrected chi connectivity index (χ1v) is 10.4. The maximum absolute atomic E-state index is 13.0. The second-order valence-corrected chi connectivity index (χ2v) is 7.38. The number of aliphatic imine (C=N–C) groups is 1. The molecule has 164 valence electrons. The summed E-state index contributed by atoms with van der Waals surface area (Å²) in [4.78, 5) is 9.34. The molecular formula is C23H33FIN5. The highest BCUT2D eigenvalue weighted by Crippen LogP contribution is 2.13. The van der Waals surface area contributed by atoms with Gasteiger partial charge in [0, 0.05) is 52.9 Å². The summed E-state index contributed by atoms with van der Waals surface area (Å²) in [5.41, 5.74) is 3.66. The lowest BCUT2D eigenvalue weighted by atomic mass is 10.1. The molecule has 0 radical (unpaired) electrons. The van der Waals surface area contributed by atoms with Crippen molar-refractivity contribution in [3.05, 3.63) is 71.0 Å². The molecule has 1 aliphatic rings. The Morgan fingerprint density at radius 2 is 1.50 bits per heavy atom. The van der Waals surface area contributed by atoms with Crippen LogP contribution in [-0.4, -0.2) is 55.5 Å². The average molecular weight is 525 g/mol. The number of hydrogen-bond donors (Lipinski definition) is 2. The molecular weight excluding hydrogens is 492 g/mol. The Labute approximate surface area is 196 Å². The molecule has 30 heavy (non-hydrogen) atoms. The van der Waals surface area contributed by atoms with Crippen molar-refractivity contribution in [3.8, 4) is 0 Å². The average Bonchev–Trinajstić information content (AvgIpc) is 2.76. The molecule has 0 bridgehead atoms. The number of hydrogen-bond acceptors (Lipinski definition) is 3. The van der Waals surface area contributed by atoms with E-state index in [0.717, 1.165) is 50.8 Å². The van der Waals surface area contributed by atoms with Crippen LogP contribution in [0.1, 0.15) is 23.6 Å². The fraction of sp³-hybridized carbons (Fsp3) is 0.435. The molecule has 5 nitrogen and oxygen atoms in total. The fourth-order valence-electron chi connectivity index (χ4n) is 3.58. The van der Waals surface area contributed by atoms with Crippen LogP contribution in [0.3, 0.4) is 0 Å². The zero-order valence-electron chi connectivity index (χ0n) is 17.9. The summed E-state index contributed by atoms with van der Waals surface area (Å²) < 4.78 is 13.0. The smallest absolute Gasteiger partial charge is 0.191 e. The Kier molecular flexibility index (Phi) is 10.5. The number of nitrogens with zero attached hydrogens (tertiary/aromatic N) is 3. The van der Waals surface area contributed by atoms with Crippen LogP contribution in [0.4, 0.5) is 4.39 Å². The Morgan fingerprint density at radius 3 is 2.13 bits per heavy atom. The van der Waals surface area contributed by atoms with E-state index < -0.39 is 0 Å². The van der Waals surface area contributed by atoms with Gasteiger partial charge >= 0.3 is 0 Å². The summed E-state index contributed by atoms with van der Waals surface area (Å²) in [6.07, 6.45) is 0. The van der Waals surface area contributed by atoms with Gasteiger partial charge in [-0.25, -0.2) is 4.39 Å². The second-order valence-electron chi connectivity index (χ2n) is 7.38. The molecule has 0 aromatic heterocycles. The summed E-state index contributed by atoms with van der Waals surface area (Å²) in [6.45, 7) is 10.2. The van der Waals surface area contributed by atoms with Crippen molar-refractivity contribution < 1.29 is 4.39 Å². The quantitative estimate of drug-likeness (QED) is 0.330. The molecule has 0 amide bonds. The lowest BCUT2D eigenvalue weighted by Crippen LogP contribution is -2.45. The van der Waals surface area contributed by atoms with E-state index in [9.17, 15) is 4.39 Å². The van der Waals surface area contributed by atoms with Crippen molar-refractivity contribution in [2.24, 2.45) is 4.99 Å². The minimum Gasteiger partial charge on any atom is -0.352 e. The summed E-state index contributed by atoms with van der Waals surface area (Å²) >= 11 is 0. The van der Waals surface area contributed by atoms with Gasteiger partial charge in [0.25, 0.3) is 0 Å². The monoisotopic (exact) mass is 525 g/mol. The molecule has 1 fully saturated rings. The van der Waals surface area contributed by atoms with E-state index in [1.807, 2.05) is 0 Å². The van der Waals surface area contributed by atoms with E-state index in [4.69, 9.17) is 0 Å². The third-order valence-corrected chi connectivity index (χ3v) is 5.47. The van der Waals surface area contributed by atoms with Crippen LogP contribution in [0.2, 0.25) is 0 Å². The van der Waals surface area contributed by atoms with Crippen molar-refractivity contribution in [3.63, 3.8) is 0 Å². The van der Waals surface area contributed by atoms with Gasteiger partial charge in [-0.2, -0.15) is 0 Å². The number of piperazine rings is 1. The van der Waals surface area contributed by atoms with E-state index in [1.165, 1.54) is 23.3 Å². The Morgan fingerprint density at radius 1 is 0.900 bits per heavy atom. The van der Waals surface area contributed by atoms with Gasteiger partial charge in [0.2, 0.25) is 0 Å². The molecule has 0 atom stereocenters. The van der Waals surface area contributed by atoms with Crippen LogP contribution in [0.5, 0.6) is 0 Å². The number of guanidine groups is 1. The van der Waals surface area contributed by atoms with Crippen LogP contribution in [0.25, 0.3) is 0 Å². The van der Waals surface area contributed by atoms with E-state index in [2.05, 4.69) is 56.6 Å². The Balaban J connectivity index is 0.00000320. The zero-order chi connectivity index (χ0) is 20.5. The molecule has 0 unspecified atom stereocenters. The third-order valence-electron chi connectivity index (χ3n) is 5.47. The largest absolute Gasteiger partial charge is 0.352 e. The number of rotatable bonds is 7. The molecule has 3 rings (SSSR count). The molecule has 2 aromatic carbocycles. The predicted molar refractivity (Wildman–Crippen MR) is 133 cm³/mol. The van der Waals surface area contributed by atoms with Crippen molar-refractivity contribution in [2.75, 3.05) is 39.8 Å². The SMILES string of the molecule is CCN1CCN(Cc2ccccc2CNC(=NC)NCc2ccc(F)cc2)CC1.I. The van der Waals surface area contributed by atoms with Crippen LogP contribution in [-0.2, 0) is 19.6 Å². The van der Waals surface area contributed by atoms with Gasteiger partial charge in [0.15, 0.2) is 5.96 Å². The standard InChI is InChI=1S/C23H32FN5.HI/c1-3-28-12-14-29(15-13-28)18-21-7-5-4-6-20(21)17-27-23(25-2)26-16-19-8-10-22(24)11-9-19;/h4-11H,3,12-18H2,1-2H3,(H2,25,26,27);1H. The van der Waals surface area contributed by atoms with E-state index in [1.54, 1.807) is 19.2 Å². The molecule has 1 heterocycles.